The third kappa shape index (κ3) is 7.27. The van der Waals surface area contributed by atoms with Gasteiger partial charge in [0, 0.05) is 5.02 Å². The van der Waals surface area contributed by atoms with Crippen LogP contribution in [0.5, 0.6) is 11.5 Å². The van der Waals surface area contributed by atoms with Crippen LogP contribution in [0.1, 0.15) is 6.92 Å². The summed E-state index contributed by atoms with van der Waals surface area (Å²) in [5.41, 5.74) is 0.603. The highest BCUT2D eigenvalue weighted by atomic mass is 35.5. The third-order valence-electron chi connectivity index (χ3n) is 3.69. The van der Waals surface area contributed by atoms with Crippen molar-refractivity contribution in [3.63, 3.8) is 0 Å². The van der Waals surface area contributed by atoms with E-state index >= 15 is 0 Å². The molecule has 2 N–H and O–H groups in total. The van der Waals surface area contributed by atoms with Crippen molar-refractivity contribution in [1.82, 2.24) is 10.2 Å². The number of thioether (sulfide) groups is 1. The van der Waals surface area contributed by atoms with Crippen molar-refractivity contribution in [2.24, 2.45) is 0 Å². The fourth-order valence-corrected chi connectivity index (χ4v) is 4.41. The first kappa shape index (κ1) is 24.1. The number of para-hydroxylation sites is 2. The second kappa shape index (κ2) is 11.9. The number of aromatic nitrogens is 2. The molecule has 0 fully saturated rings. The Balaban J connectivity index is 1.45. The number of benzene rings is 2. The van der Waals surface area contributed by atoms with Gasteiger partial charge in [0.2, 0.25) is 11.0 Å². The summed E-state index contributed by atoms with van der Waals surface area (Å²) in [7, 11) is 0. The Labute approximate surface area is 202 Å². The molecule has 0 aliphatic heterocycles. The Morgan fingerprint density at radius 1 is 1.03 bits per heavy atom. The minimum absolute atomic E-state index is 0.126. The molecule has 0 spiro atoms. The molecule has 8 nitrogen and oxygen atoms in total. The van der Waals surface area contributed by atoms with Crippen LogP contribution in [0.25, 0.3) is 0 Å². The van der Waals surface area contributed by atoms with E-state index in [4.69, 9.17) is 32.7 Å². The van der Waals surface area contributed by atoms with E-state index in [1.54, 1.807) is 24.3 Å². The molecule has 1 heterocycles. The maximum absolute atomic E-state index is 12.3. The van der Waals surface area contributed by atoms with Crippen LogP contribution in [0, 0.1) is 0 Å². The van der Waals surface area contributed by atoms with Gasteiger partial charge < -0.3 is 14.8 Å². The molecule has 168 valence electrons. The number of halogens is 2. The summed E-state index contributed by atoms with van der Waals surface area (Å²) in [6.07, 6.45) is 0. The van der Waals surface area contributed by atoms with Crippen molar-refractivity contribution in [3.05, 3.63) is 52.5 Å². The number of rotatable bonds is 10. The molecule has 0 aliphatic rings. The maximum Gasteiger partial charge on any atom is 0.264 e. The molecule has 0 aliphatic carbocycles. The van der Waals surface area contributed by atoms with Crippen molar-refractivity contribution < 1.29 is 19.1 Å². The molecule has 1 aromatic heterocycles. The van der Waals surface area contributed by atoms with Gasteiger partial charge in [-0.15, -0.1) is 10.2 Å². The zero-order valence-electron chi connectivity index (χ0n) is 16.8. The first-order chi connectivity index (χ1) is 15.4. The Hall–Kier alpha value is -2.53. The number of amides is 2. The van der Waals surface area contributed by atoms with Crippen LogP contribution in [-0.2, 0) is 9.59 Å². The quantitative estimate of drug-likeness (QED) is 0.291. The maximum atomic E-state index is 12.3. The minimum atomic E-state index is -0.422. The third-order valence-corrected chi connectivity index (χ3v) is 6.20. The van der Waals surface area contributed by atoms with Crippen LogP contribution in [0.2, 0.25) is 10.0 Å². The summed E-state index contributed by atoms with van der Waals surface area (Å²) in [5, 5.41) is 14.4. The van der Waals surface area contributed by atoms with Gasteiger partial charge in [-0.05, 0) is 37.3 Å². The monoisotopic (exact) mass is 512 g/mol. The van der Waals surface area contributed by atoms with Gasteiger partial charge in [-0.25, -0.2) is 0 Å². The largest absolute Gasteiger partial charge is 0.492 e. The van der Waals surface area contributed by atoms with E-state index in [1.165, 1.54) is 17.8 Å². The lowest BCUT2D eigenvalue weighted by Crippen LogP contribution is -2.20. The molecule has 0 saturated carbocycles. The van der Waals surface area contributed by atoms with E-state index < -0.39 is 5.91 Å². The lowest BCUT2D eigenvalue weighted by Gasteiger charge is -2.10. The van der Waals surface area contributed by atoms with Crippen molar-refractivity contribution in [1.29, 1.82) is 0 Å². The molecule has 0 radical (unpaired) electrons. The molecule has 2 aromatic carbocycles. The first-order valence-electron chi connectivity index (χ1n) is 9.30. The molecular weight excluding hydrogens is 495 g/mol. The smallest absolute Gasteiger partial charge is 0.264 e. The number of anilines is 2. The van der Waals surface area contributed by atoms with E-state index in [1.807, 2.05) is 19.1 Å². The van der Waals surface area contributed by atoms with Crippen LogP contribution in [0.15, 0.2) is 46.8 Å². The highest BCUT2D eigenvalue weighted by Crippen LogP contribution is 2.29. The van der Waals surface area contributed by atoms with Gasteiger partial charge >= 0.3 is 0 Å². The average Bonchev–Trinajstić information content (AvgIpc) is 3.20. The number of hydrogen-bond donors (Lipinski definition) is 2. The molecule has 0 atom stereocenters. The van der Waals surface area contributed by atoms with Crippen molar-refractivity contribution in [2.75, 3.05) is 29.6 Å². The molecule has 2 amide bonds. The van der Waals surface area contributed by atoms with E-state index in [0.717, 1.165) is 11.3 Å². The molecule has 0 bridgehead atoms. The number of carbonyl (C=O) groups is 2. The van der Waals surface area contributed by atoms with E-state index in [9.17, 15) is 9.59 Å². The van der Waals surface area contributed by atoms with E-state index in [2.05, 4.69) is 20.8 Å². The van der Waals surface area contributed by atoms with Crippen LogP contribution >= 0.6 is 46.3 Å². The molecule has 3 rings (SSSR count). The number of carbonyl (C=O) groups excluding carboxylic acids is 2. The summed E-state index contributed by atoms with van der Waals surface area (Å²) >= 11 is 14.2. The van der Waals surface area contributed by atoms with Crippen molar-refractivity contribution in [3.8, 4) is 11.5 Å². The molecule has 3 aromatic rings. The van der Waals surface area contributed by atoms with Crippen LogP contribution in [-0.4, -0.2) is 41.0 Å². The van der Waals surface area contributed by atoms with Gasteiger partial charge in [-0.3, -0.25) is 14.9 Å². The molecule has 0 saturated heterocycles. The molecule has 12 heteroatoms. The minimum Gasteiger partial charge on any atom is -0.492 e. The Morgan fingerprint density at radius 2 is 1.84 bits per heavy atom. The van der Waals surface area contributed by atoms with Crippen molar-refractivity contribution >= 4 is 68.9 Å². The Kier molecular flexibility index (Phi) is 8.98. The first-order valence-corrected chi connectivity index (χ1v) is 11.9. The molecule has 0 unspecified atom stereocenters. The SMILES string of the molecule is CCOc1ccccc1NC(=O)CSc1nnc(NC(=O)COc2ccc(Cl)cc2Cl)s1. The van der Waals surface area contributed by atoms with Gasteiger partial charge in [0.05, 0.1) is 23.1 Å². The van der Waals surface area contributed by atoms with Gasteiger partial charge in [-0.2, -0.15) is 0 Å². The highest BCUT2D eigenvalue weighted by molar-refractivity contribution is 8.01. The average molecular weight is 513 g/mol. The topological polar surface area (TPSA) is 102 Å². The van der Waals surface area contributed by atoms with Crippen LogP contribution < -0.4 is 20.1 Å². The summed E-state index contributed by atoms with van der Waals surface area (Å²) in [4.78, 5) is 24.3. The predicted octanol–water partition coefficient (Wildman–Crippen LogP) is 4.99. The lowest BCUT2D eigenvalue weighted by molar-refractivity contribution is -0.118. The van der Waals surface area contributed by atoms with Crippen molar-refractivity contribution in [2.45, 2.75) is 11.3 Å². The zero-order chi connectivity index (χ0) is 22.9. The summed E-state index contributed by atoms with van der Waals surface area (Å²) in [5.74, 6) is 0.444. The van der Waals surface area contributed by atoms with Crippen LogP contribution in [0.4, 0.5) is 10.8 Å². The highest BCUT2D eigenvalue weighted by Gasteiger charge is 2.13. The molecular formula is C20H18Cl2N4O4S2. The number of nitrogens with one attached hydrogen (secondary N) is 2. The fraction of sp³-hybridized carbons (Fsp3) is 0.200. The number of hydrogen-bond acceptors (Lipinski definition) is 8. The Morgan fingerprint density at radius 3 is 2.62 bits per heavy atom. The van der Waals surface area contributed by atoms with E-state index in [-0.39, 0.29) is 18.3 Å². The standard InChI is InChI=1S/C20H18Cl2N4O4S2/c1-2-29-16-6-4-3-5-14(16)23-18(28)11-31-20-26-25-19(32-20)24-17(27)10-30-15-8-7-12(21)9-13(15)22/h3-9H,2,10-11H2,1H3,(H,23,28)(H,24,25,27). The van der Waals surface area contributed by atoms with Gasteiger partial charge in [0.25, 0.3) is 5.91 Å². The normalized spacial score (nSPS) is 10.5. The lowest BCUT2D eigenvalue weighted by atomic mass is 10.3. The summed E-state index contributed by atoms with van der Waals surface area (Å²) in [6.45, 7) is 2.11. The Bertz CT molecular complexity index is 1100. The van der Waals surface area contributed by atoms with Gasteiger partial charge in [-0.1, -0.05) is 58.4 Å². The zero-order valence-corrected chi connectivity index (χ0v) is 19.9. The summed E-state index contributed by atoms with van der Waals surface area (Å²) < 4.78 is 11.4. The number of ether oxygens (including phenoxy) is 2. The van der Waals surface area contributed by atoms with Gasteiger partial charge in [0.1, 0.15) is 11.5 Å². The predicted molar refractivity (Wildman–Crippen MR) is 127 cm³/mol. The van der Waals surface area contributed by atoms with Crippen LogP contribution in [0.3, 0.4) is 0 Å². The van der Waals surface area contributed by atoms with E-state index in [0.29, 0.717) is 43.3 Å². The van der Waals surface area contributed by atoms with Gasteiger partial charge in [0.15, 0.2) is 10.9 Å². The fourth-order valence-electron chi connectivity index (χ4n) is 2.37. The second-order valence-corrected chi connectivity index (χ2v) is 9.09. The second-order valence-electron chi connectivity index (χ2n) is 6.05. The summed E-state index contributed by atoms with van der Waals surface area (Å²) in [6, 6.07) is 11.9. The molecule has 32 heavy (non-hydrogen) atoms. The number of nitrogens with zero attached hydrogens (tertiary/aromatic N) is 2.